The monoisotopic (exact) mass is 333 g/mol. The molecule has 0 unspecified atom stereocenters. The van der Waals surface area contributed by atoms with Crippen molar-refractivity contribution < 1.29 is 4.74 Å². The molecule has 3 rings (SSSR count). The second-order valence-electron chi connectivity index (χ2n) is 5.27. The van der Waals surface area contributed by atoms with Gasteiger partial charge in [0, 0.05) is 16.9 Å². The lowest BCUT2D eigenvalue weighted by Crippen LogP contribution is -1.85. The molecule has 0 bridgehead atoms. The van der Waals surface area contributed by atoms with Crippen LogP contribution >= 0.6 is 11.8 Å². The normalized spacial score (nSPS) is 10.9. The molecule has 0 atom stereocenters. The van der Waals surface area contributed by atoms with Gasteiger partial charge >= 0.3 is 0 Å². The van der Waals surface area contributed by atoms with E-state index in [9.17, 15) is 0 Å². The van der Waals surface area contributed by atoms with Crippen molar-refractivity contribution in [1.29, 1.82) is 0 Å². The topological polar surface area (TPSA) is 21.6 Å². The zero-order valence-electron chi connectivity index (χ0n) is 13.6. The molecular formula is C21H19NOS. The largest absolute Gasteiger partial charge is 0.497 e. The Labute approximate surface area is 147 Å². The van der Waals surface area contributed by atoms with Gasteiger partial charge in [0.2, 0.25) is 0 Å². The van der Waals surface area contributed by atoms with Crippen molar-refractivity contribution in [3.05, 3.63) is 90.0 Å². The fourth-order valence-electron chi connectivity index (χ4n) is 2.26. The van der Waals surface area contributed by atoms with E-state index in [1.165, 1.54) is 10.5 Å². The fraction of sp³-hybridized carbons (Fsp3) is 0.0952. The third-order valence-corrected chi connectivity index (χ3v) is 4.70. The van der Waals surface area contributed by atoms with Gasteiger partial charge in [-0.3, -0.25) is 4.99 Å². The molecule has 0 amide bonds. The first-order chi connectivity index (χ1) is 11.8. The lowest BCUT2D eigenvalue weighted by Gasteiger charge is -2.05. The predicted molar refractivity (Wildman–Crippen MR) is 103 cm³/mol. The zero-order chi connectivity index (χ0) is 16.6. The molecule has 0 aromatic heterocycles. The minimum atomic E-state index is 0.853. The van der Waals surface area contributed by atoms with E-state index in [2.05, 4.69) is 41.4 Å². The van der Waals surface area contributed by atoms with Crippen LogP contribution in [0.1, 0.15) is 11.1 Å². The minimum absolute atomic E-state index is 0.853. The molecular weight excluding hydrogens is 314 g/mol. The number of hydrogen-bond acceptors (Lipinski definition) is 3. The molecule has 0 saturated carbocycles. The van der Waals surface area contributed by atoms with Gasteiger partial charge in [-0.05, 0) is 47.5 Å². The number of para-hydroxylation sites is 1. The number of ether oxygens (including phenoxy) is 1. The van der Waals surface area contributed by atoms with Gasteiger partial charge in [0.05, 0.1) is 12.8 Å². The van der Waals surface area contributed by atoms with Gasteiger partial charge in [0.1, 0.15) is 5.75 Å². The van der Waals surface area contributed by atoms with Crippen LogP contribution in [0.4, 0.5) is 5.69 Å². The average Bonchev–Trinajstić information content (AvgIpc) is 2.66. The second kappa shape index (κ2) is 8.37. The van der Waals surface area contributed by atoms with Crippen LogP contribution in [-0.2, 0) is 5.75 Å². The van der Waals surface area contributed by atoms with Gasteiger partial charge in [-0.2, -0.15) is 0 Å². The first-order valence-electron chi connectivity index (χ1n) is 7.79. The maximum atomic E-state index is 5.18. The summed E-state index contributed by atoms with van der Waals surface area (Å²) in [6, 6.07) is 26.6. The number of hydrogen-bond donors (Lipinski definition) is 0. The standard InChI is InChI=1S/C21H19NOS/c1-23-19-13-11-17(12-14-19)15-22-20-9-5-6-10-21(20)24-16-18-7-3-2-4-8-18/h2-15H,16H2,1H3. The van der Waals surface area contributed by atoms with Gasteiger partial charge in [-0.1, -0.05) is 42.5 Å². The summed E-state index contributed by atoms with van der Waals surface area (Å²) in [5.74, 6) is 1.79. The molecule has 3 heteroatoms. The summed E-state index contributed by atoms with van der Waals surface area (Å²) in [6.07, 6.45) is 1.89. The first-order valence-corrected chi connectivity index (χ1v) is 8.77. The molecule has 0 spiro atoms. The lowest BCUT2D eigenvalue weighted by atomic mass is 10.2. The van der Waals surface area contributed by atoms with E-state index < -0.39 is 0 Å². The van der Waals surface area contributed by atoms with Gasteiger partial charge in [0.15, 0.2) is 0 Å². The highest BCUT2D eigenvalue weighted by Gasteiger charge is 2.02. The highest BCUT2D eigenvalue weighted by Crippen LogP contribution is 2.31. The molecule has 0 fully saturated rings. The Morgan fingerprint density at radius 3 is 2.33 bits per heavy atom. The highest BCUT2D eigenvalue weighted by atomic mass is 32.2. The molecule has 0 heterocycles. The summed E-state index contributed by atoms with van der Waals surface area (Å²) in [5.41, 5.74) is 3.37. The summed E-state index contributed by atoms with van der Waals surface area (Å²) >= 11 is 1.81. The van der Waals surface area contributed by atoms with Crippen LogP contribution in [0.25, 0.3) is 0 Å². The van der Waals surface area contributed by atoms with Gasteiger partial charge in [-0.25, -0.2) is 0 Å². The molecule has 0 saturated heterocycles. The third-order valence-electron chi connectivity index (χ3n) is 3.57. The number of rotatable bonds is 6. The van der Waals surface area contributed by atoms with Crippen LogP contribution < -0.4 is 4.74 Å². The Kier molecular flexibility index (Phi) is 5.70. The quantitative estimate of drug-likeness (QED) is 0.424. The third kappa shape index (κ3) is 4.49. The van der Waals surface area contributed by atoms with Crippen LogP contribution in [-0.4, -0.2) is 13.3 Å². The summed E-state index contributed by atoms with van der Waals surface area (Å²) in [6.45, 7) is 0. The summed E-state index contributed by atoms with van der Waals surface area (Å²) in [4.78, 5) is 5.84. The smallest absolute Gasteiger partial charge is 0.118 e. The number of nitrogens with zero attached hydrogens (tertiary/aromatic N) is 1. The highest BCUT2D eigenvalue weighted by molar-refractivity contribution is 7.98. The SMILES string of the molecule is COc1ccc(C=Nc2ccccc2SCc2ccccc2)cc1. The van der Waals surface area contributed by atoms with E-state index in [0.717, 1.165) is 22.8 Å². The van der Waals surface area contributed by atoms with Crippen molar-refractivity contribution >= 4 is 23.7 Å². The van der Waals surface area contributed by atoms with Gasteiger partial charge in [-0.15, -0.1) is 11.8 Å². The summed E-state index contributed by atoms with van der Waals surface area (Å²) in [5, 5.41) is 0. The fourth-order valence-corrected chi connectivity index (χ4v) is 3.21. The van der Waals surface area contributed by atoms with E-state index in [4.69, 9.17) is 4.74 Å². The molecule has 3 aromatic rings. The first kappa shape index (κ1) is 16.3. The summed E-state index contributed by atoms with van der Waals surface area (Å²) in [7, 11) is 1.67. The second-order valence-corrected chi connectivity index (χ2v) is 6.29. The number of benzene rings is 3. The Morgan fingerprint density at radius 2 is 1.58 bits per heavy atom. The van der Waals surface area contributed by atoms with Crippen molar-refractivity contribution in [2.45, 2.75) is 10.6 Å². The zero-order valence-corrected chi connectivity index (χ0v) is 14.4. The maximum Gasteiger partial charge on any atom is 0.118 e. The van der Waals surface area contributed by atoms with Crippen LogP contribution in [0.15, 0.2) is 88.8 Å². The van der Waals surface area contributed by atoms with Crippen molar-refractivity contribution in [2.75, 3.05) is 7.11 Å². The van der Waals surface area contributed by atoms with Crippen LogP contribution in [0.2, 0.25) is 0 Å². The molecule has 0 aliphatic heterocycles. The van der Waals surface area contributed by atoms with E-state index in [1.807, 2.05) is 60.4 Å². The summed E-state index contributed by atoms with van der Waals surface area (Å²) < 4.78 is 5.18. The number of aliphatic imine (C=N–C) groups is 1. The molecule has 0 radical (unpaired) electrons. The molecule has 24 heavy (non-hydrogen) atoms. The molecule has 2 nitrogen and oxygen atoms in total. The molecule has 120 valence electrons. The van der Waals surface area contributed by atoms with E-state index in [0.29, 0.717) is 0 Å². The van der Waals surface area contributed by atoms with Crippen LogP contribution in [0.3, 0.4) is 0 Å². The molecule has 3 aromatic carbocycles. The predicted octanol–water partition coefficient (Wildman–Crippen LogP) is 5.74. The Morgan fingerprint density at radius 1 is 0.875 bits per heavy atom. The Balaban J connectivity index is 1.72. The maximum absolute atomic E-state index is 5.18. The molecule has 0 N–H and O–H groups in total. The number of methoxy groups -OCH3 is 1. The Hall–Kier alpha value is -2.52. The van der Waals surface area contributed by atoms with E-state index in [-0.39, 0.29) is 0 Å². The van der Waals surface area contributed by atoms with E-state index in [1.54, 1.807) is 7.11 Å². The minimum Gasteiger partial charge on any atom is -0.497 e. The van der Waals surface area contributed by atoms with Gasteiger partial charge in [0.25, 0.3) is 0 Å². The van der Waals surface area contributed by atoms with Crippen molar-refractivity contribution in [2.24, 2.45) is 4.99 Å². The van der Waals surface area contributed by atoms with Crippen LogP contribution in [0, 0.1) is 0 Å². The van der Waals surface area contributed by atoms with Crippen molar-refractivity contribution in [3.8, 4) is 5.75 Å². The lowest BCUT2D eigenvalue weighted by molar-refractivity contribution is 0.415. The van der Waals surface area contributed by atoms with Crippen molar-refractivity contribution in [3.63, 3.8) is 0 Å². The van der Waals surface area contributed by atoms with E-state index >= 15 is 0 Å². The van der Waals surface area contributed by atoms with Crippen LogP contribution in [0.5, 0.6) is 5.75 Å². The van der Waals surface area contributed by atoms with Crippen molar-refractivity contribution in [1.82, 2.24) is 0 Å². The van der Waals surface area contributed by atoms with Gasteiger partial charge < -0.3 is 4.74 Å². The average molecular weight is 333 g/mol. The number of thioether (sulfide) groups is 1. The Bertz CT molecular complexity index is 798. The molecule has 0 aliphatic carbocycles. The molecule has 0 aliphatic rings.